The summed E-state index contributed by atoms with van der Waals surface area (Å²) >= 11 is 0. The molecule has 1 rings (SSSR count). The van der Waals surface area contributed by atoms with Gasteiger partial charge in [0.25, 0.3) is 5.91 Å². The Balaban J connectivity index is 2.31. The zero-order valence-electron chi connectivity index (χ0n) is 11.9. The van der Waals surface area contributed by atoms with E-state index in [1.165, 1.54) is 0 Å². The Labute approximate surface area is 117 Å². The highest BCUT2D eigenvalue weighted by molar-refractivity contribution is 6.39. The van der Waals surface area contributed by atoms with Gasteiger partial charge in [-0.2, -0.15) is 5.10 Å². The minimum absolute atomic E-state index is 0.125. The normalized spacial score (nSPS) is 15.3. The third kappa shape index (κ3) is 5.81. The first-order valence-corrected chi connectivity index (χ1v) is 6.65. The monoisotopic (exact) mass is 283 g/mol. The lowest BCUT2D eigenvalue weighted by Crippen LogP contribution is -2.38. The van der Waals surface area contributed by atoms with Gasteiger partial charge in [-0.1, -0.05) is 13.8 Å². The maximum absolute atomic E-state index is 11.8. The summed E-state index contributed by atoms with van der Waals surface area (Å²) in [5.74, 6) is -1.27. The van der Waals surface area contributed by atoms with Crippen LogP contribution in [0.2, 0.25) is 0 Å². The van der Waals surface area contributed by atoms with Crippen LogP contribution in [0.4, 0.5) is 0 Å². The van der Waals surface area contributed by atoms with Crippen LogP contribution in [-0.2, 0) is 14.4 Å². The maximum Gasteiger partial charge on any atom is 0.303 e. The van der Waals surface area contributed by atoms with E-state index in [9.17, 15) is 14.4 Å². The summed E-state index contributed by atoms with van der Waals surface area (Å²) < 4.78 is 0. The van der Waals surface area contributed by atoms with Crippen LogP contribution in [0.15, 0.2) is 5.10 Å². The summed E-state index contributed by atoms with van der Waals surface area (Å²) in [5, 5.41) is 15.1. The molecule has 0 atom stereocenters. The number of nitrogens with zero attached hydrogens (tertiary/aromatic N) is 1. The number of carboxylic acid groups (broad SMARTS) is 1. The van der Waals surface area contributed by atoms with E-state index in [0.717, 1.165) is 0 Å². The second-order valence-electron chi connectivity index (χ2n) is 5.66. The molecule has 7 heteroatoms. The van der Waals surface area contributed by atoms with Crippen LogP contribution in [0.25, 0.3) is 0 Å². The lowest BCUT2D eigenvalue weighted by molar-refractivity contribution is -0.137. The average molecular weight is 283 g/mol. The summed E-state index contributed by atoms with van der Waals surface area (Å²) in [5.41, 5.74) is 2.46. The van der Waals surface area contributed by atoms with Gasteiger partial charge in [-0.3, -0.25) is 14.4 Å². The van der Waals surface area contributed by atoms with Crippen LogP contribution in [0.3, 0.4) is 0 Å². The zero-order valence-corrected chi connectivity index (χ0v) is 11.9. The van der Waals surface area contributed by atoms with Gasteiger partial charge < -0.3 is 10.4 Å². The summed E-state index contributed by atoms with van der Waals surface area (Å²) in [6.07, 6.45) is 2.00. The molecule has 0 aromatic rings. The molecular formula is C13H21N3O4. The molecule has 0 bridgehead atoms. The number of nitrogens with one attached hydrogen (secondary N) is 2. The number of hydrogen-bond donors (Lipinski definition) is 3. The van der Waals surface area contributed by atoms with Crippen LogP contribution in [0.1, 0.15) is 46.0 Å². The van der Waals surface area contributed by atoms with Gasteiger partial charge in [0.15, 0.2) is 0 Å². The second-order valence-corrected chi connectivity index (χ2v) is 5.66. The van der Waals surface area contributed by atoms with E-state index in [1.807, 2.05) is 13.8 Å². The van der Waals surface area contributed by atoms with Gasteiger partial charge in [0.05, 0.1) is 0 Å². The molecule has 0 aromatic heterocycles. The van der Waals surface area contributed by atoms with Crippen LogP contribution in [0.5, 0.6) is 0 Å². The summed E-state index contributed by atoms with van der Waals surface area (Å²) in [6.45, 7) is 4.40. The quantitative estimate of drug-likeness (QED) is 0.637. The lowest BCUT2D eigenvalue weighted by atomic mass is 9.84. The molecule has 7 nitrogen and oxygen atoms in total. The van der Waals surface area contributed by atoms with Crippen molar-refractivity contribution in [3.8, 4) is 0 Å². The van der Waals surface area contributed by atoms with Crippen molar-refractivity contribution in [2.24, 2.45) is 10.5 Å². The third-order valence-corrected chi connectivity index (χ3v) is 3.27. The van der Waals surface area contributed by atoms with Crippen molar-refractivity contribution in [1.29, 1.82) is 0 Å². The Bertz CT molecular complexity index is 429. The molecule has 0 unspecified atom stereocenters. The van der Waals surface area contributed by atoms with Gasteiger partial charge in [0.2, 0.25) is 5.91 Å². The highest BCUT2D eigenvalue weighted by Gasteiger charge is 2.21. The molecule has 0 radical (unpaired) electrons. The smallest absolute Gasteiger partial charge is 0.303 e. The fraction of sp³-hybridized carbons (Fsp3) is 0.692. The second kappa shape index (κ2) is 7.02. The van der Waals surface area contributed by atoms with Gasteiger partial charge in [-0.15, -0.1) is 0 Å². The van der Waals surface area contributed by atoms with Crippen molar-refractivity contribution in [2.75, 3.05) is 6.54 Å². The number of aliphatic carboxylic acids is 1. The number of amides is 2. The molecule has 0 aliphatic carbocycles. The molecule has 1 aliphatic heterocycles. The minimum atomic E-state index is -0.811. The van der Waals surface area contributed by atoms with Gasteiger partial charge in [0.1, 0.15) is 5.71 Å². The topological polar surface area (TPSA) is 108 Å². The van der Waals surface area contributed by atoms with Crippen molar-refractivity contribution < 1.29 is 19.5 Å². The number of hydrogen-bond acceptors (Lipinski definition) is 4. The molecule has 0 fully saturated rings. The third-order valence-electron chi connectivity index (χ3n) is 3.27. The van der Waals surface area contributed by atoms with Crippen molar-refractivity contribution in [2.45, 2.75) is 46.0 Å². The van der Waals surface area contributed by atoms with Crippen LogP contribution >= 0.6 is 0 Å². The van der Waals surface area contributed by atoms with Gasteiger partial charge in [-0.25, -0.2) is 5.43 Å². The van der Waals surface area contributed by atoms with Gasteiger partial charge in [0, 0.05) is 25.8 Å². The highest BCUT2D eigenvalue weighted by Crippen LogP contribution is 2.25. The number of rotatable bonds is 7. The molecule has 0 aromatic carbocycles. The predicted octanol–water partition coefficient (Wildman–Crippen LogP) is 0.650. The average Bonchev–Trinajstić information content (AvgIpc) is 2.37. The van der Waals surface area contributed by atoms with E-state index in [-0.39, 0.29) is 30.1 Å². The van der Waals surface area contributed by atoms with Crippen molar-refractivity contribution in [1.82, 2.24) is 10.7 Å². The van der Waals surface area contributed by atoms with Crippen LogP contribution in [-0.4, -0.2) is 35.1 Å². The van der Waals surface area contributed by atoms with Crippen LogP contribution < -0.4 is 10.7 Å². The fourth-order valence-corrected chi connectivity index (χ4v) is 1.82. The molecule has 2 amide bonds. The van der Waals surface area contributed by atoms with Gasteiger partial charge in [-0.05, 0) is 18.3 Å². The largest absolute Gasteiger partial charge is 0.481 e. The summed E-state index contributed by atoms with van der Waals surface area (Å²) in [4.78, 5) is 33.2. The Morgan fingerprint density at radius 2 is 2.05 bits per heavy atom. The molecule has 3 N–H and O–H groups in total. The molecule has 112 valence electrons. The fourth-order valence-electron chi connectivity index (χ4n) is 1.82. The van der Waals surface area contributed by atoms with Gasteiger partial charge >= 0.3 is 5.97 Å². The highest BCUT2D eigenvalue weighted by atomic mass is 16.4. The van der Waals surface area contributed by atoms with E-state index in [4.69, 9.17) is 5.11 Å². The summed E-state index contributed by atoms with van der Waals surface area (Å²) in [7, 11) is 0. The van der Waals surface area contributed by atoms with E-state index < -0.39 is 5.97 Å². The van der Waals surface area contributed by atoms with Crippen molar-refractivity contribution in [3.63, 3.8) is 0 Å². The molecule has 1 heterocycles. The Kier molecular flexibility index (Phi) is 5.66. The van der Waals surface area contributed by atoms with Crippen molar-refractivity contribution in [3.05, 3.63) is 0 Å². The molecule has 0 spiro atoms. The number of carbonyl (C=O) groups is 3. The first kappa shape index (κ1) is 16.1. The van der Waals surface area contributed by atoms with E-state index >= 15 is 0 Å². The predicted molar refractivity (Wildman–Crippen MR) is 73.1 cm³/mol. The molecule has 0 saturated heterocycles. The number of carboxylic acids is 1. The Morgan fingerprint density at radius 3 is 2.60 bits per heavy atom. The zero-order chi connectivity index (χ0) is 15.2. The standard InChI is InChI=1S/C13H21N3O4/c1-13(2,6-5-11(18)19)7-8-14-12(20)9-3-4-10(17)16-15-9/h3-8H2,1-2H3,(H,14,20)(H,16,17)(H,18,19). The molecule has 0 saturated carbocycles. The molecular weight excluding hydrogens is 262 g/mol. The minimum Gasteiger partial charge on any atom is -0.481 e. The Hall–Kier alpha value is -1.92. The van der Waals surface area contributed by atoms with Crippen molar-refractivity contribution >= 4 is 23.5 Å². The van der Waals surface area contributed by atoms with E-state index in [1.54, 1.807) is 0 Å². The van der Waals surface area contributed by atoms with Crippen LogP contribution in [0, 0.1) is 5.41 Å². The first-order chi connectivity index (χ1) is 9.30. The summed E-state index contributed by atoms with van der Waals surface area (Å²) in [6, 6.07) is 0. The number of hydrazone groups is 1. The van der Waals surface area contributed by atoms with E-state index in [2.05, 4.69) is 15.8 Å². The van der Waals surface area contributed by atoms with E-state index in [0.29, 0.717) is 31.5 Å². The molecule has 20 heavy (non-hydrogen) atoms. The Morgan fingerprint density at radius 1 is 1.35 bits per heavy atom. The maximum atomic E-state index is 11.8. The molecule has 1 aliphatic rings. The SMILES string of the molecule is CC(C)(CCNC(=O)C1=NNC(=O)CC1)CCC(=O)O. The lowest BCUT2D eigenvalue weighted by Gasteiger charge is -2.24. The first-order valence-electron chi connectivity index (χ1n) is 6.65. The number of carbonyl (C=O) groups excluding carboxylic acids is 2.